The molecule has 4 rings (SSSR count). The van der Waals surface area contributed by atoms with Crippen molar-refractivity contribution in [1.82, 2.24) is 0 Å². The molecule has 3 nitrogen and oxygen atoms in total. The molecule has 0 amide bonds. The Morgan fingerprint density at radius 2 is 1.29 bits per heavy atom. The third-order valence-electron chi connectivity index (χ3n) is 3.96. The molecule has 0 aliphatic carbocycles. The summed E-state index contributed by atoms with van der Waals surface area (Å²) in [7, 11) is 0. The van der Waals surface area contributed by atoms with Gasteiger partial charge in [-0.05, 0) is 44.2 Å². The Labute approximate surface area is 120 Å². The van der Waals surface area contributed by atoms with Crippen LogP contribution >= 0.6 is 0 Å². The Balaban J connectivity index is 2.25. The van der Waals surface area contributed by atoms with Crippen molar-refractivity contribution in [2.75, 3.05) is 0 Å². The third-order valence-corrected chi connectivity index (χ3v) is 3.96. The summed E-state index contributed by atoms with van der Waals surface area (Å²) in [5.74, 6) is -0.0855. The molecule has 0 saturated carbocycles. The first kappa shape index (κ1) is 11.9. The first-order valence-electron chi connectivity index (χ1n) is 6.69. The minimum absolute atomic E-state index is 0.0855. The summed E-state index contributed by atoms with van der Waals surface area (Å²) >= 11 is 0. The molecule has 1 N–H and O–H groups in total. The lowest BCUT2D eigenvalue weighted by Crippen LogP contribution is -1.81. The van der Waals surface area contributed by atoms with E-state index in [2.05, 4.69) is 23.4 Å². The average molecular weight is 273 g/mol. The summed E-state index contributed by atoms with van der Waals surface area (Å²) in [5.41, 5.74) is 0.0996. The number of nitroso groups, excluding NO2 is 1. The molecule has 21 heavy (non-hydrogen) atoms. The second kappa shape index (κ2) is 4.28. The van der Waals surface area contributed by atoms with E-state index in [0.717, 1.165) is 16.2 Å². The van der Waals surface area contributed by atoms with Gasteiger partial charge in [-0.2, -0.15) is 0 Å². The molecule has 0 spiro atoms. The zero-order valence-corrected chi connectivity index (χ0v) is 11.1. The maximum atomic E-state index is 11.0. The maximum Gasteiger partial charge on any atom is 0.157 e. The lowest BCUT2D eigenvalue weighted by atomic mass is 9.96. The van der Waals surface area contributed by atoms with Gasteiger partial charge in [-0.25, -0.2) is 0 Å². The van der Waals surface area contributed by atoms with Gasteiger partial charge in [0.05, 0.1) is 0 Å². The molecule has 4 aromatic carbocycles. The normalized spacial score (nSPS) is 11.2. The van der Waals surface area contributed by atoms with Gasteiger partial charge in [0.15, 0.2) is 5.69 Å². The lowest BCUT2D eigenvalue weighted by Gasteiger charge is -2.09. The van der Waals surface area contributed by atoms with Gasteiger partial charge in [0.2, 0.25) is 0 Å². The lowest BCUT2D eigenvalue weighted by molar-refractivity contribution is 0.477. The van der Waals surface area contributed by atoms with E-state index in [1.165, 1.54) is 16.8 Å². The van der Waals surface area contributed by atoms with E-state index >= 15 is 0 Å². The van der Waals surface area contributed by atoms with Crippen LogP contribution in [0.3, 0.4) is 0 Å². The van der Waals surface area contributed by atoms with Crippen LogP contribution in [0.4, 0.5) is 5.69 Å². The molecule has 0 aromatic heterocycles. The van der Waals surface area contributed by atoms with Crippen molar-refractivity contribution >= 4 is 38.0 Å². The van der Waals surface area contributed by atoms with Gasteiger partial charge in [-0.1, -0.05) is 48.5 Å². The Bertz CT molecular complexity index is 1020. The molecule has 100 valence electrons. The number of benzene rings is 4. The molecule has 0 bridgehead atoms. The van der Waals surface area contributed by atoms with Gasteiger partial charge in [-0.3, -0.25) is 0 Å². The van der Waals surface area contributed by atoms with Crippen LogP contribution in [0, 0.1) is 4.91 Å². The van der Waals surface area contributed by atoms with Crippen molar-refractivity contribution in [3.8, 4) is 5.75 Å². The Hall–Kier alpha value is -2.94. The monoisotopic (exact) mass is 273 g/mol. The van der Waals surface area contributed by atoms with Crippen molar-refractivity contribution in [3.63, 3.8) is 0 Å². The van der Waals surface area contributed by atoms with Crippen LogP contribution in [0.1, 0.15) is 0 Å². The molecular weight excluding hydrogens is 262 g/mol. The van der Waals surface area contributed by atoms with Crippen molar-refractivity contribution < 1.29 is 5.11 Å². The van der Waals surface area contributed by atoms with E-state index in [4.69, 9.17) is 0 Å². The fraction of sp³-hybridized carbons (Fsp3) is 0. The number of phenols is 1. The van der Waals surface area contributed by atoms with E-state index in [0.29, 0.717) is 5.39 Å². The molecule has 0 radical (unpaired) electrons. The Morgan fingerprint density at radius 3 is 2.14 bits per heavy atom. The fourth-order valence-electron chi connectivity index (χ4n) is 2.97. The molecule has 0 heterocycles. The minimum Gasteiger partial charge on any atom is -0.506 e. The summed E-state index contributed by atoms with van der Waals surface area (Å²) in [6.45, 7) is 0. The number of aromatic hydroxyl groups is 1. The Kier molecular flexibility index (Phi) is 2.42. The molecule has 0 fully saturated rings. The molecule has 0 saturated heterocycles. The standard InChI is InChI=1S/C18H11NO2/c20-17-10-9-15-14-6-5-11-3-1-2-4-12(11)13(14)7-8-16(15)18(17)19-21/h1-10,20H. The highest BCUT2D eigenvalue weighted by Gasteiger charge is 2.10. The first-order valence-corrected chi connectivity index (χ1v) is 6.69. The van der Waals surface area contributed by atoms with Crippen LogP contribution in [-0.4, -0.2) is 5.11 Å². The largest absolute Gasteiger partial charge is 0.506 e. The SMILES string of the molecule is O=Nc1c(O)ccc2c1ccc1c3ccccc3ccc21. The van der Waals surface area contributed by atoms with Gasteiger partial charge in [0.1, 0.15) is 5.75 Å². The smallest absolute Gasteiger partial charge is 0.157 e. The predicted octanol–water partition coefficient (Wildman–Crippen LogP) is 5.25. The number of hydrogen-bond donors (Lipinski definition) is 1. The average Bonchev–Trinajstić information content (AvgIpc) is 2.54. The second-order valence-electron chi connectivity index (χ2n) is 5.07. The van der Waals surface area contributed by atoms with Crippen LogP contribution in [0.15, 0.2) is 65.8 Å². The van der Waals surface area contributed by atoms with Crippen LogP contribution < -0.4 is 0 Å². The second-order valence-corrected chi connectivity index (χ2v) is 5.07. The van der Waals surface area contributed by atoms with Crippen LogP contribution in [0.25, 0.3) is 32.3 Å². The zero-order chi connectivity index (χ0) is 14.4. The summed E-state index contributed by atoms with van der Waals surface area (Å²) < 4.78 is 0. The quantitative estimate of drug-likeness (QED) is 0.380. The molecule has 0 aliphatic rings. The molecular formula is C18H11NO2. The topological polar surface area (TPSA) is 49.7 Å². The van der Waals surface area contributed by atoms with E-state index in [1.807, 2.05) is 36.4 Å². The Morgan fingerprint density at radius 1 is 0.667 bits per heavy atom. The number of rotatable bonds is 1. The van der Waals surface area contributed by atoms with E-state index < -0.39 is 0 Å². The molecule has 0 unspecified atom stereocenters. The van der Waals surface area contributed by atoms with Crippen LogP contribution in [0.2, 0.25) is 0 Å². The van der Waals surface area contributed by atoms with Gasteiger partial charge in [0.25, 0.3) is 0 Å². The number of phenolic OH excluding ortho intramolecular Hbond substituents is 1. The molecule has 0 aliphatic heterocycles. The predicted molar refractivity (Wildman–Crippen MR) is 86.1 cm³/mol. The summed E-state index contributed by atoms with van der Waals surface area (Å²) in [4.78, 5) is 11.0. The van der Waals surface area contributed by atoms with Crippen molar-refractivity contribution in [1.29, 1.82) is 0 Å². The van der Waals surface area contributed by atoms with E-state index in [9.17, 15) is 10.0 Å². The molecule has 4 aromatic rings. The highest BCUT2D eigenvalue weighted by molar-refractivity contribution is 6.19. The fourth-order valence-corrected chi connectivity index (χ4v) is 2.97. The zero-order valence-electron chi connectivity index (χ0n) is 11.1. The van der Waals surface area contributed by atoms with Crippen molar-refractivity contribution in [2.24, 2.45) is 5.18 Å². The third kappa shape index (κ3) is 1.61. The highest BCUT2D eigenvalue weighted by atomic mass is 16.3. The first-order chi connectivity index (χ1) is 10.3. The van der Waals surface area contributed by atoms with Gasteiger partial charge in [-0.15, -0.1) is 4.91 Å². The van der Waals surface area contributed by atoms with Crippen molar-refractivity contribution in [3.05, 3.63) is 65.6 Å². The van der Waals surface area contributed by atoms with Crippen LogP contribution in [-0.2, 0) is 0 Å². The molecule has 3 heteroatoms. The maximum absolute atomic E-state index is 11.0. The highest BCUT2D eigenvalue weighted by Crippen LogP contribution is 2.39. The van der Waals surface area contributed by atoms with Gasteiger partial charge in [0, 0.05) is 5.39 Å². The summed E-state index contributed by atoms with van der Waals surface area (Å²) in [5, 5.41) is 18.9. The number of fused-ring (bicyclic) bond motifs is 5. The van der Waals surface area contributed by atoms with E-state index in [1.54, 1.807) is 0 Å². The summed E-state index contributed by atoms with van der Waals surface area (Å²) in [6.07, 6.45) is 0. The number of hydrogen-bond acceptors (Lipinski definition) is 3. The van der Waals surface area contributed by atoms with Gasteiger partial charge < -0.3 is 5.11 Å². The summed E-state index contributed by atoms with van der Waals surface area (Å²) in [6, 6.07) is 19.5. The molecule has 0 atom stereocenters. The minimum atomic E-state index is -0.0855. The van der Waals surface area contributed by atoms with Crippen LogP contribution in [0.5, 0.6) is 5.75 Å². The van der Waals surface area contributed by atoms with E-state index in [-0.39, 0.29) is 11.4 Å². The van der Waals surface area contributed by atoms with Crippen molar-refractivity contribution in [2.45, 2.75) is 0 Å². The van der Waals surface area contributed by atoms with Gasteiger partial charge >= 0.3 is 0 Å². The number of nitrogens with zero attached hydrogens (tertiary/aromatic N) is 1.